The van der Waals surface area contributed by atoms with E-state index in [1.54, 1.807) is 6.08 Å². The van der Waals surface area contributed by atoms with Crippen LogP contribution in [0.25, 0.3) is 11.0 Å². The highest BCUT2D eigenvalue weighted by Crippen LogP contribution is 2.36. The van der Waals surface area contributed by atoms with Gasteiger partial charge in [0, 0.05) is 17.7 Å². The Kier molecular flexibility index (Phi) is 6.49. The van der Waals surface area contributed by atoms with E-state index in [-0.39, 0.29) is 42.1 Å². The number of phenolic OH excluding ortho intramolecular Hbond substituents is 1. The lowest BCUT2D eigenvalue weighted by Gasteiger charge is -2.39. The summed E-state index contributed by atoms with van der Waals surface area (Å²) in [6, 6.07) is 2.43. The van der Waals surface area contributed by atoms with Gasteiger partial charge in [0.2, 0.25) is 0 Å². The van der Waals surface area contributed by atoms with E-state index in [2.05, 4.69) is 0 Å². The third-order valence-electron chi connectivity index (χ3n) is 5.54. The van der Waals surface area contributed by atoms with Crippen molar-refractivity contribution < 1.29 is 49.3 Å². The highest BCUT2D eigenvalue weighted by atomic mass is 16.7. The van der Waals surface area contributed by atoms with Crippen molar-refractivity contribution in [3.05, 3.63) is 45.3 Å². The van der Waals surface area contributed by atoms with E-state index in [1.165, 1.54) is 6.07 Å². The molecule has 0 saturated carbocycles. The maximum Gasteiger partial charge on any atom is 0.196 e. The fourth-order valence-electron chi connectivity index (χ4n) is 3.76. The summed E-state index contributed by atoms with van der Waals surface area (Å²) < 4.78 is 22.2. The molecule has 1 aromatic heterocycles. The second kappa shape index (κ2) is 9.16. The summed E-state index contributed by atoms with van der Waals surface area (Å²) in [5, 5.41) is 58.7. The lowest BCUT2D eigenvalue weighted by molar-refractivity contribution is -0.299. The number of hydrogen-bond acceptors (Lipinski definition) is 11. The van der Waals surface area contributed by atoms with Crippen LogP contribution in [0.4, 0.5) is 0 Å². The molecule has 174 valence electrons. The van der Waals surface area contributed by atoms with Crippen molar-refractivity contribution in [1.29, 1.82) is 0 Å². The third-order valence-corrected chi connectivity index (χ3v) is 5.54. The second-order valence-electron chi connectivity index (χ2n) is 7.68. The van der Waals surface area contributed by atoms with Crippen LogP contribution in [0.3, 0.4) is 0 Å². The summed E-state index contributed by atoms with van der Waals surface area (Å²) in [4.78, 5) is 12.3. The molecule has 2 aromatic rings. The topological polar surface area (TPSA) is 179 Å². The van der Waals surface area contributed by atoms with Crippen LogP contribution in [0.1, 0.15) is 11.3 Å². The Hall–Kier alpha value is -2.51. The van der Waals surface area contributed by atoms with Gasteiger partial charge in [-0.3, -0.25) is 4.79 Å². The predicted molar refractivity (Wildman–Crippen MR) is 107 cm³/mol. The fraction of sp³-hybridized carbons (Fsp3) is 0.476. The molecule has 4 rings (SSSR count). The quantitative estimate of drug-likeness (QED) is 0.296. The van der Waals surface area contributed by atoms with Gasteiger partial charge in [0.1, 0.15) is 65.9 Å². The van der Waals surface area contributed by atoms with Gasteiger partial charge in [0.05, 0.1) is 13.2 Å². The van der Waals surface area contributed by atoms with Gasteiger partial charge < -0.3 is 49.3 Å². The Morgan fingerprint density at radius 1 is 1.09 bits per heavy atom. The number of aromatic hydroxyl groups is 1. The van der Waals surface area contributed by atoms with Gasteiger partial charge in [-0.05, 0) is 12.0 Å². The summed E-state index contributed by atoms with van der Waals surface area (Å²) in [5.41, 5.74) is 0.762. The van der Waals surface area contributed by atoms with Crippen LogP contribution in [-0.2, 0) is 22.5 Å². The maximum absolute atomic E-state index is 12.3. The first-order valence-electron chi connectivity index (χ1n) is 9.99. The lowest BCUT2D eigenvalue weighted by Crippen LogP contribution is -2.59. The van der Waals surface area contributed by atoms with E-state index in [0.29, 0.717) is 16.9 Å². The minimum atomic E-state index is -1.55. The standard InChI is InChI=1S/C21H24O11/c22-5-10-3-12(24)16-13(25)4-14-11(20(16)31-10)2-1-9(7-29-14)8-30-21-19(28)18(27)17(26)15(6-23)32-21/h1,3-4,15,17-19,21-23,25-28H,2,5-8H2/t15-,17+,18+,19-,21+/m0/s1. The number of aliphatic hydroxyl groups is 5. The first-order chi connectivity index (χ1) is 15.3. The highest BCUT2D eigenvalue weighted by Gasteiger charge is 2.44. The summed E-state index contributed by atoms with van der Waals surface area (Å²) >= 11 is 0. The Morgan fingerprint density at radius 3 is 2.59 bits per heavy atom. The summed E-state index contributed by atoms with van der Waals surface area (Å²) in [6.45, 7) is -1.06. The van der Waals surface area contributed by atoms with Gasteiger partial charge in [-0.25, -0.2) is 0 Å². The van der Waals surface area contributed by atoms with Crippen LogP contribution in [0.2, 0.25) is 0 Å². The van der Waals surface area contributed by atoms with Crippen molar-refractivity contribution in [2.45, 2.75) is 43.7 Å². The first-order valence-corrected chi connectivity index (χ1v) is 9.99. The van der Waals surface area contributed by atoms with Crippen LogP contribution >= 0.6 is 0 Å². The number of ether oxygens (including phenoxy) is 3. The summed E-state index contributed by atoms with van der Waals surface area (Å²) in [6.07, 6.45) is -4.90. The van der Waals surface area contributed by atoms with Crippen molar-refractivity contribution in [3.63, 3.8) is 0 Å². The van der Waals surface area contributed by atoms with E-state index in [9.17, 15) is 35.4 Å². The molecule has 0 aliphatic carbocycles. The molecule has 2 aliphatic heterocycles. The number of fused-ring (bicyclic) bond motifs is 3. The summed E-state index contributed by atoms with van der Waals surface area (Å²) in [7, 11) is 0. The monoisotopic (exact) mass is 452 g/mol. The minimum Gasteiger partial charge on any atom is -0.507 e. The zero-order chi connectivity index (χ0) is 23.0. The Bertz CT molecular complexity index is 1070. The largest absolute Gasteiger partial charge is 0.507 e. The van der Waals surface area contributed by atoms with Crippen LogP contribution in [-0.4, -0.2) is 81.2 Å². The normalized spacial score (nSPS) is 28.0. The van der Waals surface area contributed by atoms with E-state index < -0.39 is 49.3 Å². The van der Waals surface area contributed by atoms with Crippen LogP contribution in [0.5, 0.6) is 11.5 Å². The molecular formula is C21H24O11. The van der Waals surface area contributed by atoms with Crippen LogP contribution in [0, 0.1) is 0 Å². The molecule has 0 radical (unpaired) electrons. The Labute approximate surface area is 181 Å². The highest BCUT2D eigenvalue weighted by molar-refractivity contribution is 5.88. The molecular weight excluding hydrogens is 428 g/mol. The molecule has 32 heavy (non-hydrogen) atoms. The molecule has 1 fully saturated rings. The zero-order valence-electron chi connectivity index (χ0n) is 16.9. The van der Waals surface area contributed by atoms with Crippen LogP contribution < -0.4 is 10.2 Å². The minimum absolute atomic E-state index is 0.0148. The van der Waals surface area contributed by atoms with Gasteiger partial charge in [-0.15, -0.1) is 0 Å². The van der Waals surface area contributed by atoms with Gasteiger partial charge >= 0.3 is 0 Å². The molecule has 0 bridgehead atoms. The van der Waals surface area contributed by atoms with Gasteiger partial charge in [-0.2, -0.15) is 0 Å². The van der Waals surface area contributed by atoms with Crippen molar-refractivity contribution in [2.75, 3.05) is 19.8 Å². The fourth-order valence-corrected chi connectivity index (χ4v) is 3.76. The zero-order valence-corrected chi connectivity index (χ0v) is 16.9. The second-order valence-corrected chi connectivity index (χ2v) is 7.68. The molecule has 0 amide bonds. The molecule has 5 atom stereocenters. The van der Waals surface area contributed by atoms with Crippen molar-refractivity contribution in [2.24, 2.45) is 0 Å². The molecule has 11 nitrogen and oxygen atoms in total. The molecule has 0 spiro atoms. The number of aliphatic hydroxyl groups excluding tert-OH is 5. The van der Waals surface area contributed by atoms with E-state index >= 15 is 0 Å². The van der Waals surface area contributed by atoms with E-state index in [0.717, 1.165) is 6.07 Å². The number of benzene rings is 1. The third kappa shape index (κ3) is 4.11. The molecule has 0 unspecified atom stereocenters. The SMILES string of the molecule is O=c1cc(CO)oc2c3c(cc(O)c12)OCC(CO[C@@H]1O[C@@H](CO)[C@@H](O)[C@@H](O)[C@@H]1O)=CC3. The number of hydrogen-bond donors (Lipinski definition) is 6. The molecule has 6 N–H and O–H groups in total. The van der Waals surface area contributed by atoms with Gasteiger partial charge in [0.15, 0.2) is 11.7 Å². The van der Waals surface area contributed by atoms with Gasteiger partial charge in [-0.1, -0.05) is 6.08 Å². The van der Waals surface area contributed by atoms with Crippen molar-refractivity contribution in [3.8, 4) is 11.5 Å². The first kappa shape index (κ1) is 22.7. The maximum atomic E-state index is 12.3. The molecule has 3 heterocycles. The van der Waals surface area contributed by atoms with Crippen molar-refractivity contribution >= 4 is 11.0 Å². The van der Waals surface area contributed by atoms with Gasteiger partial charge in [0.25, 0.3) is 0 Å². The molecule has 1 aromatic carbocycles. The predicted octanol–water partition coefficient (Wildman–Crippen LogP) is -1.33. The molecule has 2 aliphatic rings. The number of phenols is 1. The Morgan fingerprint density at radius 2 is 1.88 bits per heavy atom. The average molecular weight is 452 g/mol. The lowest BCUT2D eigenvalue weighted by atomic mass is 9.99. The van der Waals surface area contributed by atoms with Crippen molar-refractivity contribution in [1.82, 2.24) is 0 Å². The molecule has 1 saturated heterocycles. The molecule has 11 heteroatoms. The summed E-state index contributed by atoms with van der Waals surface area (Å²) in [5.74, 6) is 0.0417. The average Bonchev–Trinajstić information content (AvgIpc) is 2.99. The van der Waals surface area contributed by atoms with E-state index in [1.807, 2.05) is 0 Å². The Balaban J connectivity index is 1.54. The number of allylic oxidation sites excluding steroid dienone is 1. The number of rotatable bonds is 5. The van der Waals surface area contributed by atoms with E-state index in [4.69, 9.17) is 18.6 Å². The van der Waals surface area contributed by atoms with Crippen LogP contribution in [0.15, 0.2) is 33.0 Å². The smallest absolute Gasteiger partial charge is 0.196 e.